The zero-order valence-electron chi connectivity index (χ0n) is 12.2. The van der Waals surface area contributed by atoms with Gasteiger partial charge in [0.1, 0.15) is 0 Å². The maximum absolute atomic E-state index is 11.6. The Balaban J connectivity index is 1.92. The molecule has 0 saturated carbocycles. The number of anilines is 1. The highest BCUT2D eigenvalue weighted by Gasteiger charge is 2.26. The van der Waals surface area contributed by atoms with E-state index in [1.165, 1.54) is 25.7 Å². The van der Waals surface area contributed by atoms with Crippen molar-refractivity contribution in [2.75, 3.05) is 5.32 Å². The van der Waals surface area contributed by atoms with Gasteiger partial charge in [0.05, 0.1) is 11.1 Å². The molecule has 0 bridgehead atoms. The maximum atomic E-state index is 11.6. The van der Waals surface area contributed by atoms with E-state index in [0.717, 1.165) is 12.1 Å². The van der Waals surface area contributed by atoms with Crippen molar-refractivity contribution < 1.29 is 9.59 Å². The minimum atomic E-state index is -0.302. The molecule has 2 rings (SSSR count). The van der Waals surface area contributed by atoms with Gasteiger partial charge in [-0.15, -0.1) is 0 Å². The van der Waals surface area contributed by atoms with E-state index in [1.54, 1.807) is 12.1 Å². The monoisotopic (exact) mass is 274 g/mol. The SMILES string of the molecule is CCCCCCC(C)Nc1ccc2c(c1)C(=O)NC2=O. The Morgan fingerprint density at radius 3 is 2.60 bits per heavy atom. The van der Waals surface area contributed by atoms with Crippen LogP contribution in [0.15, 0.2) is 18.2 Å². The Bertz CT molecular complexity index is 511. The molecule has 1 aromatic rings. The molecule has 1 heterocycles. The molecular formula is C16H22N2O2. The number of hydrogen-bond acceptors (Lipinski definition) is 3. The molecule has 1 unspecified atom stereocenters. The molecule has 4 heteroatoms. The molecule has 4 nitrogen and oxygen atoms in total. The summed E-state index contributed by atoms with van der Waals surface area (Å²) in [6, 6.07) is 5.70. The lowest BCUT2D eigenvalue weighted by atomic mass is 10.1. The highest BCUT2D eigenvalue weighted by molar-refractivity contribution is 6.21. The van der Waals surface area contributed by atoms with Gasteiger partial charge in [0.2, 0.25) is 0 Å². The first-order chi connectivity index (χ1) is 9.61. The van der Waals surface area contributed by atoms with Crippen LogP contribution in [0, 0.1) is 0 Å². The van der Waals surface area contributed by atoms with Crippen LogP contribution in [0.5, 0.6) is 0 Å². The van der Waals surface area contributed by atoms with Gasteiger partial charge < -0.3 is 5.32 Å². The first-order valence-corrected chi connectivity index (χ1v) is 7.38. The average Bonchev–Trinajstić information content (AvgIpc) is 2.70. The summed E-state index contributed by atoms with van der Waals surface area (Å²) in [7, 11) is 0. The zero-order valence-corrected chi connectivity index (χ0v) is 12.2. The highest BCUT2D eigenvalue weighted by atomic mass is 16.2. The van der Waals surface area contributed by atoms with E-state index < -0.39 is 0 Å². The van der Waals surface area contributed by atoms with E-state index in [9.17, 15) is 9.59 Å². The molecule has 108 valence electrons. The van der Waals surface area contributed by atoms with Crippen molar-refractivity contribution in [3.05, 3.63) is 29.3 Å². The summed E-state index contributed by atoms with van der Waals surface area (Å²) in [4.78, 5) is 23.1. The second-order valence-corrected chi connectivity index (χ2v) is 5.44. The Kier molecular flexibility index (Phi) is 4.77. The number of unbranched alkanes of at least 4 members (excludes halogenated alkanes) is 3. The number of rotatable bonds is 7. The predicted molar refractivity (Wildman–Crippen MR) is 80.1 cm³/mol. The number of imide groups is 1. The minimum absolute atomic E-state index is 0.302. The Hall–Kier alpha value is -1.84. The van der Waals surface area contributed by atoms with Crippen LogP contribution in [0.2, 0.25) is 0 Å². The third kappa shape index (κ3) is 3.38. The highest BCUT2D eigenvalue weighted by Crippen LogP contribution is 2.21. The second-order valence-electron chi connectivity index (χ2n) is 5.44. The van der Waals surface area contributed by atoms with Crippen molar-refractivity contribution in [2.24, 2.45) is 0 Å². The van der Waals surface area contributed by atoms with Crippen molar-refractivity contribution in [3.63, 3.8) is 0 Å². The summed E-state index contributed by atoms with van der Waals surface area (Å²) in [6.07, 6.45) is 6.13. The molecule has 2 N–H and O–H groups in total. The van der Waals surface area contributed by atoms with Crippen LogP contribution in [0.1, 0.15) is 66.7 Å². The van der Waals surface area contributed by atoms with Gasteiger partial charge in [-0.25, -0.2) is 0 Å². The first-order valence-electron chi connectivity index (χ1n) is 7.38. The van der Waals surface area contributed by atoms with Crippen LogP contribution >= 0.6 is 0 Å². The third-order valence-corrected chi connectivity index (χ3v) is 3.64. The van der Waals surface area contributed by atoms with Crippen molar-refractivity contribution in [2.45, 2.75) is 52.0 Å². The van der Waals surface area contributed by atoms with E-state index in [1.807, 2.05) is 6.07 Å². The third-order valence-electron chi connectivity index (χ3n) is 3.64. The molecule has 0 saturated heterocycles. The lowest BCUT2D eigenvalue weighted by Crippen LogP contribution is -2.19. The molecule has 0 spiro atoms. The van der Waals surface area contributed by atoms with Crippen molar-refractivity contribution in [1.82, 2.24) is 5.32 Å². The fourth-order valence-electron chi connectivity index (χ4n) is 2.49. The fourth-order valence-corrected chi connectivity index (χ4v) is 2.49. The molecule has 0 fully saturated rings. The van der Waals surface area contributed by atoms with E-state index in [2.05, 4.69) is 24.5 Å². The molecule has 1 aliphatic heterocycles. The quantitative estimate of drug-likeness (QED) is 0.592. The molecule has 0 radical (unpaired) electrons. The van der Waals surface area contributed by atoms with Crippen LogP contribution in [0.3, 0.4) is 0 Å². The van der Waals surface area contributed by atoms with E-state index in [-0.39, 0.29) is 11.8 Å². The van der Waals surface area contributed by atoms with Crippen LogP contribution in [0.4, 0.5) is 5.69 Å². The summed E-state index contributed by atoms with van der Waals surface area (Å²) in [5, 5.41) is 5.70. The molecule has 1 aromatic carbocycles. The van der Waals surface area contributed by atoms with Gasteiger partial charge in [0, 0.05) is 11.7 Å². The van der Waals surface area contributed by atoms with E-state index in [4.69, 9.17) is 0 Å². The van der Waals surface area contributed by atoms with Crippen molar-refractivity contribution in [3.8, 4) is 0 Å². The number of amides is 2. The zero-order chi connectivity index (χ0) is 14.5. The minimum Gasteiger partial charge on any atom is -0.383 e. The van der Waals surface area contributed by atoms with Gasteiger partial charge in [-0.3, -0.25) is 14.9 Å². The van der Waals surface area contributed by atoms with E-state index >= 15 is 0 Å². The van der Waals surface area contributed by atoms with Gasteiger partial charge in [0.25, 0.3) is 11.8 Å². The van der Waals surface area contributed by atoms with Gasteiger partial charge in [-0.05, 0) is 31.5 Å². The second kappa shape index (κ2) is 6.55. The standard InChI is InChI=1S/C16H22N2O2/c1-3-4-5-6-7-11(2)17-12-8-9-13-14(10-12)16(20)18-15(13)19/h8-11,17H,3-7H2,1-2H3,(H,18,19,20). The smallest absolute Gasteiger partial charge is 0.259 e. The Labute approximate surface area is 119 Å². The normalized spacial score (nSPS) is 14.9. The fraction of sp³-hybridized carbons (Fsp3) is 0.500. The molecule has 0 aliphatic carbocycles. The van der Waals surface area contributed by atoms with Crippen LogP contribution in [0.25, 0.3) is 0 Å². The van der Waals surface area contributed by atoms with E-state index in [0.29, 0.717) is 17.2 Å². The lowest BCUT2D eigenvalue weighted by Gasteiger charge is -2.15. The largest absolute Gasteiger partial charge is 0.383 e. The number of hydrogen-bond donors (Lipinski definition) is 2. The van der Waals surface area contributed by atoms with Gasteiger partial charge >= 0.3 is 0 Å². The molecule has 2 amide bonds. The van der Waals surface area contributed by atoms with Gasteiger partial charge in [-0.2, -0.15) is 0 Å². The summed E-state index contributed by atoms with van der Waals surface area (Å²) < 4.78 is 0. The topological polar surface area (TPSA) is 58.2 Å². The summed E-state index contributed by atoms with van der Waals surface area (Å²) >= 11 is 0. The molecular weight excluding hydrogens is 252 g/mol. The van der Waals surface area contributed by atoms with Crippen molar-refractivity contribution in [1.29, 1.82) is 0 Å². The number of nitrogens with one attached hydrogen (secondary N) is 2. The van der Waals surface area contributed by atoms with Gasteiger partial charge in [-0.1, -0.05) is 32.6 Å². The van der Waals surface area contributed by atoms with Crippen LogP contribution in [-0.2, 0) is 0 Å². The summed E-state index contributed by atoms with van der Waals surface area (Å²) in [6.45, 7) is 4.35. The number of fused-ring (bicyclic) bond motifs is 1. The number of carbonyl (C=O) groups excluding carboxylic acids is 2. The summed E-state index contributed by atoms with van der Waals surface area (Å²) in [5.74, 6) is -0.603. The number of carbonyl (C=O) groups is 2. The number of benzene rings is 1. The average molecular weight is 274 g/mol. The molecule has 0 aromatic heterocycles. The van der Waals surface area contributed by atoms with Crippen LogP contribution in [-0.4, -0.2) is 17.9 Å². The van der Waals surface area contributed by atoms with Crippen molar-refractivity contribution >= 4 is 17.5 Å². The summed E-state index contributed by atoms with van der Waals surface area (Å²) in [5.41, 5.74) is 1.84. The maximum Gasteiger partial charge on any atom is 0.259 e. The lowest BCUT2D eigenvalue weighted by molar-refractivity contribution is 0.0879. The molecule has 1 aliphatic rings. The molecule has 20 heavy (non-hydrogen) atoms. The van der Waals surface area contributed by atoms with Crippen LogP contribution < -0.4 is 10.6 Å². The Morgan fingerprint density at radius 2 is 1.85 bits per heavy atom. The van der Waals surface area contributed by atoms with Gasteiger partial charge in [0.15, 0.2) is 0 Å². The molecule has 1 atom stereocenters. The Morgan fingerprint density at radius 1 is 1.10 bits per heavy atom. The first kappa shape index (κ1) is 14.6. The predicted octanol–water partition coefficient (Wildman–Crippen LogP) is 3.34.